The number of anilines is 1. The highest BCUT2D eigenvalue weighted by molar-refractivity contribution is 7.99. The number of carbonyl (C=O) groups is 1. The first-order valence-corrected chi connectivity index (χ1v) is 8.87. The lowest BCUT2D eigenvalue weighted by Crippen LogP contribution is -2.14. The van der Waals surface area contributed by atoms with E-state index in [4.69, 9.17) is 11.6 Å². The molecule has 0 aliphatic rings. The second-order valence-corrected chi connectivity index (χ2v) is 6.83. The van der Waals surface area contributed by atoms with E-state index in [0.29, 0.717) is 28.2 Å². The summed E-state index contributed by atoms with van der Waals surface area (Å²) < 4.78 is 27.0. The van der Waals surface area contributed by atoms with Crippen LogP contribution in [0.15, 0.2) is 59.6 Å². The summed E-state index contributed by atoms with van der Waals surface area (Å²) in [6.45, 7) is 1.79. The predicted molar refractivity (Wildman–Crippen MR) is 99.6 cm³/mol. The Hall–Kier alpha value is -2.38. The SMILES string of the molecule is Cc1c(NC(=O)c2ccccc2SC(F)F)cnn1-c1cccc(Cl)c1. The normalized spacial score (nSPS) is 11.0. The molecule has 0 saturated heterocycles. The summed E-state index contributed by atoms with van der Waals surface area (Å²) in [6.07, 6.45) is 1.51. The maximum atomic E-state index is 12.7. The molecule has 134 valence electrons. The van der Waals surface area contributed by atoms with E-state index in [2.05, 4.69) is 10.4 Å². The van der Waals surface area contributed by atoms with E-state index in [0.717, 1.165) is 5.69 Å². The molecule has 0 bridgehead atoms. The number of halogens is 3. The molecule has 0 aliphatic heterocycles. The van der Waals surface area contributed by atoms with Crippen LogP contribution < -0.4 is 5.32 Å². The van der Waals surface area contributed by atoms with Crippen LogP contribution in [-0.2, 0) is 0 Å². The third-order valence-electron chi connectivity index (χ3n) is 3.66. The minimum absolute atomic E-state index is 0.188. The third kappa shape index (κ3) is 4.05. The van der Waals surface area contributed by atoms with E-state index in [1.807, 2.05) is 6.07 Å². The number of hydrogen-bond donors (Lipinski definition) is 1. The van der Waals surface area contributed by atoms with Gasteiger partial charge in [0.1, 0.15) is 0 Å². The maximum absolute atomic E-state index is 12.7. The highest BCUT2D eigenvalue weighted by atomic mass is 35.5. The summed E-state index contributed by atoms with van der Waals surface area (Å²) in [5, 5.41) is 7.56. The maximum Gasteiger partial charge on any atom is 0.288 e. The van der Waals surface area contributed by atoms with E-state index >= 15 is 0 Å². The first-order valence-electron chi connectivity index (χ1n) is 7.61. The van der Waals surface area contributed by atoms with Crippen molar-refractivity contribution < 1.29 is 13.6 Å². The van der Waals surface area contributed by atoms with Gasteiger partial charge in [0.25, 0.3) is 11.7 Å². The zero-order valence-corrected chi connectivity index (χ0v) is 15.2. The van der Waals surface area contributed by atoms with E-state index in [9.17, 15) is 13.6 Å². The smallest absolute Gasteiger partial charge is 0.288 e. The van der Waals surface area contributed by atoms with E-state index < -0.39 is 11.7 Å². The summed E-state index contributed by atoms with van der Waals surface area (Å²) in [7, 11) is 0. The molecule has 0 spiro atoms. The molecule has 3 rings (SSSR count). The van der Waals surface area contributed by atoms with Gasteiger partial charge in [-0.25, -0.2) is 4.68 Å². The van der Waals surface area contributed by atoms with Gasteiger partial charge >= 0.3 is 0 Å². The molecule has 1 N–H and O–H groups in total. The van der Waals surface area contributed by atoms with Gasteiger partial charge in [0.2, 0.25) is 0 Å². The van der Waals surface area contributed by atoms with Crippen LogP contribution in [0.25, 0.3) is 5.69 Å². The second-order valence-electron chi connectivity index (χ2n) is 5.36. The van der Waals surface area contributed by atoms with Crippen LogP contribution in [0.4, 0.5) is 14.5 Å². The molecule has 26 heavy (non-hydrogen) atoms. The van der Waals surface area contributed by atoms with Crippen molar-refractivity contribution in [3.63, 3.8) is 0 Å². The number of rotatable bonds is 5. The summed E-state index contributed by atoms with van der Waals surface area (Å²) in [4.78, 5) is 12.8. The van der Waals surface area contributed by atoms with Gasteiger partial charge in [-0.2, -0.15) is 13.9 Å². The highest BCUT2D eigenvalue weighted by Crippen LogP contribution is 2.29. The highest BCUT2D eigenvalue weighted by Gasteiger charge is 2.17. The number of amides is 1. The molecule has 1 heterocycles. The van der Waals surface area contributed by atoms with Gasteiger partial charge in [-0.05, 0) is 37.3 Å². The van der Waals surface area contributed by atoms with E-state index in [-0.39, 0.29) is 10.5 Å². The Kier molecular flexibility index (Phi) is 5.58. The van der Waals surface area contributed by atoms with Crippen LogP contribution in [0.5, 0.6) is 0 Å². The fraction of sp³-hybridized carbons (Fsp3) is 0.111. The third-order valence-corrected chi connectivity index (χ3v) is 4.68. The first-order chi connectivity index (χ1) is 12.5. The zero-order chi connectivity index (χ0) is 18.7. The topological polar surface area (TPSA) is 46.9 Å². The monoisotopic (exact) mass is 393 g/mol. The van der Waals surface area contributed by atoms with Crippen molar-refractivity contribution in [3.8, 4) is 5.69 Å². The van der Waals surface area contributed by atoms with Gasteiger partial charge in [0, 0.05) is 9.92 Å². The molecule has 0 fully saturated rings. The molecule has 0 unspecified atom stereocenters. The molecule has 1 aromatic heterocycles. The number of nitrogens with one attached hydrogen (secondary N) is 1. The van der Waals surface area contributed by atoms with Crippen molar-refractivity contribution in [1.82, 2.24) is 9.78 Å². The van der Waals surface area contributed by atoms with E-state index in [1.54, 1.807) is 41.9 Å². The average molecular weight is 394 g/mol. The number of thioether (sulfide) groups is 1. The van der Waals surface area contributed by atoms with Crippen LogP contribution in [0, 0.1) is 6.92 Å². The Morgan fingerprint density at radius 3 is 2.73 bits per heavy atom. The summed E-state index contributed by atoms with van der Waals surface area (Å²) >= 11 is 6.34. The van der Waals surface area contributed by atoms with Gasteiger partial charge in [-0.1, -0.05) is 41.6 Å². The summed E-state index contributed by atoms with van der Waals surface area (Å²) in [6, 6.07) is 13.4. The van der Waals surface area contributed by atoms with Crippen LogP contribution in [-0.4, -0.2) is 21.4 Å². The number of carbonyl (C=O) groups excluding carboxylic acids is 1. The standard InChI is InChI=1S/C18H14ClF2N3OS/c1-11-15(10-22-24(11)13-6-4-5-12(19)9-13)23-17(25)14-7-2-3-8-16(14)26-18(20)21/h2-10,18H,1H3,(H,23,25). The molecule has 0 aliphatic carbocycles. The van der Waals surface area contributed by atoms with Gasteiger partial charge in [0.05, 0.1) is 28.8 Å². The Balaban J connectivity index is 1.85. The van der Waals surface area contributed by atoms with Gasteiger partial charge < -0.3 is 5.32 Å². The minimum atomic E-state index is -2.60. The van der Waals surface area contributed by atoms with Crippen LogP contribution in [0.2, 0.25) is 5.02 Å². The molecule has 4 nitrogen and oxygen atoms in total. The van der Waals surface area contributed by atoms with Crippen molar-refractivity contribution >= 4 is 35.0 Å². The quantitative estimate of drug-likeness (QED) is 0.590. The minimum Gasteiger partial charge on any atom is -0.319 e. The fourth-order valence-electron chi connectivity index (χ4n) is 2.44. The Morgan fingerprint density at radius 1 is 1.23 bits per heavy atom. The molecule has 0 radical (unpaired) electrons. The Morgan fingerprint density at radius 2 is 2.00 bits per heavy atom. The lowest BCUT2D eigenvalue weighted by molar-refractivity contribution is 0.102. The van der Waals surface area contributed by atoms with Crippen molar-refractivity contribution in [2.45, 2.75) is 17.6 Å². The molecular formula is C18H14ClF2N3OS. The second kappa shape index (κ2) is 7.88. The largest absolute Gasteiger partial charge is 0.319 e. The predicted octanol–water partition coefficient (Wildman–Crippen LogP) is 5.40. The Bertz CT molecular complexity index is 946. The molecular weight excluding hydrogens is 380 g/mol. The molecule has 0 saturated carbocycles. The van der Waals surface area contributed by atoms with Crippen molar-refractivity contribution in [2.24, 2.45) is 0 Å². The molecule has 8 heteroatoms. The zero-order valence-electron chi connectivity index (χ0n) is 13.6. The molecule has 2 aromatic carbocycles. The number of aromatic nitrogens is 2. The number of hydrogen-bond acceptors (Lipinski definition) is 3. The average Bonchev–Trinajstić information content (AvgIpc) is 2.95. The van der Waals surface area contributed by atoms with Crippen LogP contribution in [0.1, 0.15) is 16.1 Å². The fourth-order valence-corrected chi connectivity index (χ4v) is 3.26. The molecule has 3 aromatic rings. The number of alkyl halides is 2. The summed E-state index contributed by atoms with van der Waals surface area (Å²) in [5.41, 5.74) is 2.13. The van der Waals surface area contributed by atoms with Crippen molar-refractivity contribution in [1.29, 1.82) is 0 Å². The lowest BCUT2D eigenvalue weighted by atomic mass is 10.2. The van der Waals surface area contributed by atoms with Crippen molar-refractivity contribution in [2.75, 3.05) is 5.32 Å². The number of nitrogens with zero attached hydrogens (tertiary/aromatic N) is 2. The molecule has 1 amide bonds. The van der Waals surface area contributed by atoms with Crippen molar-refractivity contribution in [3.05, 3.63) is 71.0 Å². The van der Waals surface area contributed by atoms with Gasteiger partial charge in [0.15, 0.2) is 0 Å². The van der Waals surface area contributed by atoms with Gasteiger partial charge in [-0.15, -0.1) is 0 Å². The Labute approximate surface area is 158 Å². The summed E-state index contributed by atoms with van der Waals surface area (Å²) in [5.74, 6) is -3.07. The van der Waals surface area contributed by atoms with E-state index in [1.165, 1.54) is 18.3 Å². The number of benzene rings is 2. The van der Waals surface area contributed by atoms with Gasteiger partial charge in [-0.3, -0.25) is 4.79 Å². The lowest BCUT2D eigenvalue weighted by Gasteiger charge is -2.10. The molecule has 0 atom stereocenters. The van der Waals surface area contributed by atoms with Crippen LogP contribution >= 0.6 is 23.4 Å². The first kappa shape index (κ1) is 18.4. The van der Waals surface area contributed by atoms with Crippen LogP contribution in [0.3, 0.4) is 0 Å².